The molecule has 1 aromatic rings. The Balaban J connectivity index is 3.09. The molecule has 0 fully saturated rings. The van der Waals surface area contributed by atoms with Gasteiger partial charge >= 0.3 is 0 Å². The SMILES string of the molecule is CCOc1nn(C(C)CO)c(CCl)c1C. The third kappa shape index (κ3) is 2.44. The highest BCUT2D eigenvalue weighted by atomic mass is 35.5. The summed E-state index contributed by atoms with van der Waals surface area (Å²) in [5.74, 6) is 0.976. The number of halogens is 1. The molecule has 0 aliphatic heterocycles. The molecule has 0 saturated carbocycles. The van der Waals surface area contributed by atoms with Crippen LogP contribution in [0.2, 0.25) is 0 Å². The lowest BCUT2D eigenvalue weighted by Crippen LogP contribution is -2.13. The Bertz CT molecular complexity index is 325. The van der Waals surface area contributed by atoms with Gasteiger partial charge in [0.15, 0.2) is 0 Å². The van der Waals surface area contributed by atoms with Gasteiger partial charge in [0.05, 0.1) is 30.8 Å². The summed E-state index contributed by atoms with van der Waals surface area (Å²) in [6, 6.07) is -0.0772. The van der Waals surface area contributed by atoms with E-state index < -0.39 is 0 Å². The number of aliphatic hydroxyl groups is 1. The molecule has 1 unspecified atom stereocenters. The number of rotatable bonds is 5. The molecule has 15 heavy (non-hydrogen) atoms. The van der Waals surface area contributed by atoms with Crippen LogP contribution in [0.5, 0.6) is 5.88 Å². The molecule has 1 aromatic heterocycles. The molecule has 86 valence electrons. The summed E-state index contributed by atoms with van der Waals surface area (Å²) in [7, 11) is 0. The van der Waals surface area contributed by atoms with Gasteiger partial charge in [-0.05, 0) is 20.8 Å². The van der Waals surface area contributed by atoms with E-state index in [9.17, 15) is 0 Å². The molecular formula is C10H17ClN2O2. The number of ether oxygens (including phenoxy) is 1. The number of hydrogen-bond donors (Lipinski definition) is 1. The first kappa shape index (κ1) is 12.3. The Morgan fingerprint density at radius 2 is 2.27 bits per heavy atom. The Labute approximate surface area is 94.8 Å². The summed E-state index contributed by atoms with van der Waals surface area (Å²) in [6.07, 6.45) is 0. The van der Waals surface area contributed by atoms with Crippen molar-refractivity contribution >= 4 is 11.6 Å². The van der Waals surface area contributed by atoms with Crippen molar-refractivity contribution in [1.29, 1.82) is 0 Å². The second-order valence-electron chi connectivity index (χ2n) is 3.42. The number of hydrogen-bond acceptors (Lipinski definition) is 3. The van der Waals surface area contributed by atoms with Crippen molar-refractivity contribution < 1.29 is 9.84 Å². The van der Waals surface area contributed by atoms with Gasteiger partial charge in [-0.15, -0.1) is 16.7 Å². The second-order valence-corrected chi connectivity index (χ2v) is 3.69. The Morgan fingerprint density at radius 3 is 2.73 bits per heavy atom. The highest BCUT2D eigenvalue weighted by Gasteiger charge is 2.17. The van der Waals surface area contributed by atoms with E-state index in [1.165, 1.54) is 0 Å². The van der Waals surface area contributed by atoms with E-state index in [0.717, 1.165) is 11.3 Å². The molecule has 0 aromatic carbocycles. The molecular weight excluding hydrogens is 216 g/mol. The normalized spacial score (nSPS) is 12.9. The molecule has 5 heteroatoms. The van der Waals surface area contributed by atoms with E-state index in [1.807, 2.05) is 20.8 Å². The van der Waals surface area contributed by atoms with Crippen molar-refractivity contribution in [3.05, 3.63) is 11.3 Å². The van der Waals surface area contributed by atoms with Crippen LogP contribution in [0.3, 0.4) is 0 Å². The minimum atomic E-state index is -0.0772. The van der Waals surface area contributed by atoms with Crippen molar-refractivity contribution in [2.75, 3.05) is 13.2 Å². The monoisotopic (exact) mass is 232 g/mol. The van der Waals surface area contributed by atoms with Gasteiger partial charge in [0.2, 0.25) is 5.88 Å². The lowest BCUT2D eigenvalue weighted by atomic mass is 10.2. The summed E-state index contributed by atoms with van der Waals surface area (Å²) in [6.45, 7) is 6.34. The fourth-order valence-electron chi connectivity index (χ4n) is 1.41. The maximum Gasteiger partial charge on any atom is 0.236 e. The Kier molecular flexibility index (Phi) is 4.42. The van der Waals surface area contributed by atoms with Crippen LogP contribution in [-0.4, -0.2) is 28.1 Å². The molecule has 0 spiro atoms. The van der Waals surface area contributed by atoms with Crippen LogP contribution >= 0.6 is 11.6 Å². The molecule has 0 aliphatic carbocycles. The minimum Gasteiger partial charge on any atom is -0.477 e. The minimum absolute atomic E-state index is 0.0383. The van der Waals surface area contributed by atoms with Crippen LogP contribution in [-0.2, 0) is 5.88 Å². The maximum atomic E-state index is 9.09. The molecule has 1 N–H and O–H groups in total. The fraction of sp³-hybridized carbons (Fsp3) is 0.700. The first-order valence-corrected chi connectivity index (χ1v) is 5.56. The zero-order valence-electron chi connectivity index (χ0n) is 9.33. The van der Waals surface area contributed by atoms with Gasteiger partial charge in [0.1, 0.15) is 0 Å². The largest absolute Gasteiger partial charge is 0.477 e. The number of aromatic nitrogens is 2. The third-order valence-electron chi connectivity index (χ3n) is 2.32. The standard InChI is InChI=1S/C10H17ClN2O2/c1-4-15-10-8(3)9(5-11)13(12-10)7(2)6-14/h7,14H,4-6H2,1-3H3. The number of nitrogens with zero attached hydrogens (tertiary/aromatic N) is 2. The molecule has 1 heterocycles. The molecule has 0 aliphatic rings. The molecule has 4 nitrogen and oxygen atoms in total. The molecule has 0 amide bonds. The van der Waals surface area contributed by atoms with E-state index in [0.29, 0.717) is 18.4 Å². The smallest absolute Gasteiger partial charge is 0.236 e. The third-order valence-corrected chi connectivity index (χ3v) is 2.57. The summed E-state index contributed by atoms with van der Waals surface area (Å²) < 4.78 is 7.11. The van der Waals surface area contributed by atoms with Crippen molar-refractivity contribution in [2.24, 2.45) is 0 Å². The highest BCUT2D eigenvalue weighted by molar-refractivity contribution is 6.17. The molecule has 1 atom stereocenters. The van der Waals surface area contributed by atoms with E-state index in [-0.39, 0.29) is 12.6 Å². The number of aliphatic hydroxyl groups excluding tert-OH is 1. The second kappa shape index (κ2) is 5.37. The molecule has 0 bridgehead atoms. The van der Waals surface area contributed by atoms with Crippen LogP contribution in [0.15, 0.2) is 0 Å². The van der Waals surface area contributed by atoms with Gasteiger partial charge in [-0.1, -0.05) is 0 Å². The van der Waals surface area contributed by atoms with Crippen LogP contribution in [0.4, 0.5) is 0 Å². The van der Waals surface area contributed by atoms with E-state index >= 15 is 0 Å². The van der Waals surface area contributed by atoms with Crippen molar-refractivity contribution in [3.63, 3.8) is 0 Å². The lowest BCUT2D eigenvalue weighted by Gasteiger charge is -2.11. The quantitative estimate of drug-likeness (QED) is 0.789. The van der Waals surface area contributed by atoms with Crippen LogP contribution < -0.4 is 4.74 Å². The predicted molar refractivity (Wildman–Crippen MR) is 59.5 cm³/mol. The zero-order chi connectivity index (χ0) is 11.4. The topological polar surface area (TPSA) is 47.3 Å². The van der Waals surface area contributed by atoms with Crippen LogP contribution in [0.1, 0.15) is 31.1 Å². The van der Waals surface area contributed by atoms with Gasteiger partial charge in [-0.3, -0.25) is 4.68 Å². The summed E-state index contributed by atoms with van der Waals surface area (Å²) in [5, 5.41) is 13.4. The van der Waals surface area contributed by atoms with Gasteiger partial charge in [-0.25, -0.2) is 0 Å². The molecule has 1 rings (SSSR count). The van der Waals surface area contributed by atoms with E-state index in [2.05, 4.69) is 5.10 Å². The Morgan fingerprint density at radius 1 is 1.60 bits per heavy atom. The van der Waals surface area contributed by atoms with Crippen molar-refractivity contribution in [3.8, 4) is 5.88 Å². The van der Waals surface area contributed by atoms with E-state index in [4.69, 9.17) is 21.4 Å². The Hall–Kier alpha value is -0.740. The summed E-state index contributed by atoms with van der Waals surface area (Å²) >= 11 is 5.85. The highest BCUT2D eigenvalue weighted by Crippen LogP contribution is 2.24. The average Bonchev–Trinajstić information content (AvgIpc) is 2.55. The predicted octanol–water partition coefficient (Wildman–Crippen LogP) is 1.88. The maximum absolute atomic E-state index is 9.09. The van der Waals surface area contributed by atoms with Crippen LogP contribution in [0.25, 0.3) is 0 Å². The van der Waals surface area contributed by atoms with Gasteiger partial charge < -0.3 is 9.84 Å². The van der Waals surface area contributed by atoms with Crippen molar-refractivity contribution in [1.82, 2.24) is 9.78 Å². The lowest BCUT2D eigenvalue weighted by molar-refractivity contribution is 0.224. The van der Waals surface area contributed by atoms with E-state index in [1.54, 1.807) is 4.68 Å². The summed E-state index contributed by atoms with van der Waals surface area (Å²) in [4.78, 5) is 0. The van der Waals surface area contributed by atoms with Gasteiger partial charge in [0, 0.05) is 5.56 Å². The first-order chi connectivity index (χ1) is 7.15. The van der Waals surface area contributed by atoms with Crippen LogP contribution in [0, 0.1) is 6.92 Å². The average molecular weight is 233 g/mol. The fourth-order valence-corrected chi connectivity index (χ4v) is 1.73. The zero-order valence-corrected chi connectivity index (χ0v) is 10.1. The number of alkyl halides is 1. The molecule has 0 saturated heterocycles. The summed E-state index contributed by atoms with van der Waals surface area (Å²) in [5.41, 5.74) is 1.86. The first-order valence-electron chi connectivity index (χ1n) is 5.03. The van der Waals surface area contributed by atoms with Crippen molar-refractivity contribution in [2.45, 2.75) is 32.7 Å². The van der Waals surface area contributed by atoms with Gasteiger partial charge in [0.25, 0.3) is 0 Å². The van der Waals surface area contributed by atoms with Gasteiger partial charge in [-0.2, -0.15) is 0 Å². The molecule has 0 radical (unpaired) electrons.